The molecular formula is C20H28ClN7O2. The fourth-order valence-corrected chi connectivity index (χ4v) is 3.52. The molecule has 0 bridgehead atoms. The average Bonchev–Trinajstić information content (AvgIpc) is 3.36. The Bertz CT molecular complexity index is 891. The molecule has 10 heteroatoms. The maximum absolute atomic E-state index is 12.8. The smallest absolute Gasteiger partial charge is 0.240 e. The molecule has 0 radical (unpaired) electrons. The van der Waals surface area contributed by atoms with Gasteiger partial charge in [0.2, 0.25) is 11.8 Å². The number of nitrogens with two attached hydrogens (primary N) is 1. The van der Waals surface area contributed by atoms with Crippen molar-refractivity contribution in [2.45, 2.75) is 58.7 Å². The highest BCUT2D eigenvalue weighted by molar-refractivity contribution is 6.30. The van der Waals surface area contributed by atoms with Crippen LogP contribution in [-0.4, -0.2) is 55.5 Å². The van der Waals surface area contributed by atoms with Crippen LogP contribution in [0.1, 0.15) is 45.6 Å². The molecule has 1 unspecified atom stereocenters. The summed E-state index contributed by atoms with van der Waals surface area (Å²) in [6.07, 6.45) is 3.84. The van der Waals surface area contributed by atoms with E-state index in [-0.39, 0.29) is 36.4 Å². The zero-order valence-electron chi connectivity index (χ0n) is 17.5. The molecule has 1 heterocycles. The first kappa shape index (κ1) is 22.2. The molecule has 9 nitrogen and oxygen atoms in total. The van der Waals surface area contributed by atoms with Gasteiger partial charge in [0.05, 0.1) is 18.3 Å². The summed E-state index contributed by atoms with van der Waals surface area (Å²) in [5, 5.41) is 14.6. The van der Waals surface area contributed by atoms with E-state index in [2.05, 4.69) is 20.8 Å². The highest BCUT2D eigenvalue weighted by Gasteiger charge is 2.36. The molecule has 0 aliphatic heterocycles. The predicted molar refractivity (Wildman–Crippen MR) is 113 cm³/mol. The number of nitrogens with one attached hydrogen (secondary N) is 1. The minimum atomic E-state index is -0.613. The van der Waals surface area contributed by atoms with Gasteiger partial charge in [0.1, 0.15) is 6.33 Å². The molecule has 1 aromatic carbocycles. The summed E-state index contributed by atoms with van der Waals surface area (Å²) in [5.74, 6) is -0.416. The topological polar surface area (TPSA) is 119 Å². The second-order valence-corrected chi connectivity index (χ2v) is 9.31. The number of amides is 2. The summed E-state index contributed by atoms with van der Waals surface area (Å²) in [4.78, 5) is 27.1. The molecule has 0 saturated heterocycles. The number of tetrazole rings is 1. The van der Waals surface area contributed by atoms with Gasteiger partial charge < -0.3 is 16.0 Å². The molecule has 1 fully saturated rings. The second-order valence-electron chi connectivity index (χ2n) is 8.87. The summed E-state index contributed by atoms with van der Waals surface area (Å²) in [6, 6.07) is 4.75. The van der Waals surface area contributed by atoms with E-state index in [4.69, 9.17) is 17.3 Å². The zero-order chi connectivity index (χ0) is 21.9. The fraction of sp³-hybridized carbons (Fsp3) is 0.550. The molecule has 1 aliphatic rings. The van der Waals surface area contributed by atoms with Gasteiger partial charge >= 0.3 is 0 Å². The summed E-state index contributed by atoms with van der Waals surface area (Å²) in [5.41, 5.74) is 7.55. The summed E-state index contributed by atoms with van der Waals surface area (Å²) >= 11 is 6.12. The third-order valence-corrected chi connectivity index (χ3v) is 5.08. The lowest BCUT2D eigenvalue weighted by atomic mass is 9.88. The summed E-state index contributed by atoms with van der Waals surface area (Å²) in [6.45, 7) is 6.35. The van der Waals surface area contributed by atoms with Crippen molar-refractivity contribution in [1.82, 2.24) is 30.4 Å². The standard InChI is InChI=1S/C20H28ClN7O2/c1-20(2,3)9-16(22)19(30)27(15-5-6-15)11-18(29)23-10-13-8-14(21)4-7-17(13)28-12-24-25-26-28/h4,7-8,12,15-16H,5-6,9-11,22H2,1-3H3,(H,23,29). The summed E-state index contributed by atoms with van der Waals surface area (Å²) in [7, 11) is 0. The highest BCUT2D eigenvalue weighted by atomic mass is 35.5. The first-order chi connectivity index (χ1) is 14.1. The number of benzene rings is 1. The van der Waals surface area contributed by atoms with Crippen LogP contribution in [-0.2, 0) is 16.1 Å². The monoisotopic (exact) mass is 433 g/mol. The van der Waals surface area contributed by atoms with E-state index in [1.165, 1.54) is 11.0 Å². The van der Waals surface area contributed by atoms with E-state index in [1.54, 1.807) is 23.1 Å². The third-order valence-electron chi connectivity index (χ3n) is 4.85. The van der Waals surface area contributed by atoms with Crippen LogP contribution in [0.2, 0.25) is 5.02 Å². The molecule has 162 valence electrons. The quantitative estimate of drug-likeness (QED) is 0.653. The van der Waals surface area contributed by atoms with Crippen LogP contribution in [0.15, 0.2) is 24.5 Å². The zero-order valence-corrected chi connectivity index (χ0v) is 18.3. The molecule has 1 saturated carbocycles. The van der Waals surface area contributed by atoms with Gasteiger partial charge in [-0.1, -0.05) is 32.4 Å². The largest absolute Gasteiger partial charge is 0.350 e. The predicted octanol–water partition coefficient (Wildman–Crippen LogP) is 1.69. The highest BCUT2D eigenvalue weighted by Crippen LogP contribution is 2.29. The van der Waals surface area contributed by atoms with Crippen molar-refractivity contribution in [3.05, 3.63) is 35.1 Å². The van der Waals surface area contributed by atoms with Crippen LogP contribution in [0.5, 0.6) is 0 Å². The first-order valence-electron chi connectivity index (χ1n) is 9.98. The maximum atomic E-state index is 12.8. The van der Waals surface area contributed by atoms with Crippen molar-refractivity contribution in [2.75, 3.05) is 6.54 Å². The Morgan fingerprint density at radius 3 is 2.70 bits per heavy atom. The number of hydrogen-bond acceptors (Lipinski definition) is 6. The van der Waals surface area contributed by atoms with Crippen LogP contribution < -0.4 is 11.1 Å². The van der Waals surface area contributed by atoms with Crippen molar-refractivity contribution in [3.63, 3.8) is 0 Å². The lowest BCUT2D eigenvalue weighted by Gasteiger charge is -2.28. The lowest BCUT2D eigenvalue weighted by Crippen LogP contribution is -2.49. The minimum Gasteiger partial charge on any atom is -0.350 e. The molecule has 3 N–H and O–H groups in total. The molecule has 3 rings (SSSR count). The molecule has 2 amide bonds. The number of carbonyl (C=O) groups excluding carboxylic acids is 2. The Hall–Kier alpha value is -2.52. The Kier molecular flexibility index (Phi) is 6.72. The number of nitrogens with zero attached hydrogens (tertiary/aromatic N) is 5. The molecule has 1 aliphatic carbocycles. The van der Waals surface area contributed by atoms with Gasteiger partial charge in [-0.2, -0.15) is 0 Å². The lowest BCUT2D eigenvalue weighted by molar-refractivity contribution is -0.138. The molecule has 1 atom stereocenters. The van der Waals surface area contributed by atoms with E-state index in [1.807, 2.05) is 20.8 Å². The van der Waals surface area contributed by atoms with Crippen molar-refractivity contribution >= 4 is 23.4 Å². The van der Waals surface area contributed by atoms with Crippen molar-refractivity contribution in [1.29, 1.82) is 0 Å². The van der Waals surface area contributed by atoms with Crippen molar-refractivity contribution in [2.24, 2.45) is 11.1 Å². The number of rotatable bonds is 8. The summed E-state index contributed by atoms with van der Waals surface area (Å²) < 4.78 is 1.50. The Morgan fingerprint density at radius 1 is 1.37 bits per heavy atom. The molecule has 1 aromatic heterocycles. The number of hydrogen-bond donors (Lipinski definition) is 2. The average molecular weight is 434 g/mol. The normalized spacial score (nSPS) is 15.0. The van der Waals surface area contributed by atoms with Crippen LogP contribution in [0, 0.1) is 5.41 Å². The Balaban J connectivity index is 1.63. The molecule has 0 spiro atoms. The minimum absolute atomic E-state index is 0.0118. The SMILES string of the molecule is CC(C)(C)CC(N)C(=O)N(CC(=O)NCc1cc(Cl)ccc1-n1cnnn1)C1CC1. The molecule has 2 aromatic rings. The number of aromatic nitrogens is 4. The number of carbonyl (C=O) groups is 2. The van der Waals surface area contributed by atoms with E-state index >= 15 is 0 Å². The van der Waals surface area contributed by atoms with Gasteiger partial charge in [-0.3, -0.25) is 9.59 Å². The van der Waals surface area contributed by atoms with E-state index in [0.717, 1.165) is 18.4 Å². The van der Waals surface area contributed by atoms with E-state index in [0.29, 0.717) is 17.1 Å². The Morgan fingerprint density at radius 2 is 2.10 bits per heavy atom. The van der Waals surface area contributed by atoms with Gasteiger partial charge in [0.25, 0.3) is 0 Å². The molecular weight excluding hydrogens is 406 g/mol. The van der Waals surface area contributed by atoms with Gasteiger partial charge in [0, 0.05) is 17.6 Å². The maximum Gasteiger partial charge on any atom is 0.240 e. The third kappa shape index (κ3) is 5.99. The van der Waals surface area contributed by atoms with Crippen LogP contribution in [0.4, 0.5) is 0 Å². The second kappa shape index (κ2) is 9.09. The van der Waals surface area contributed by atoms with Crippen LogP contribution in [0.3, 0.4) is 0 Å². The van der Waals surface area contributed by atoms with Gasteiger partial charge in [-0.15, -0.1) is 5.10 Å². The fourth-order valence-electron chi connectivity index (χ4n) is 3.33. The first-order valence-corrected chi connectivity index (χ1v) is 10.4. The van der Waals surface area contributed by atoms with Gasteiger partial charge in [0.15, 0.2) is 0 Å². The van der Waals surface area contributed by atoms with Crippen molar-refractivity contribution in [3.8, 4) is 5.69 Å². The van der Waals surface area contributed by atoms with Gasteiger partial charge in [-0.25, -0.2) is 4.68 Å². The van der Waals surface area contributed by atoms with E-state index < -0.39 is 6.04 Å². The number of halogens is 1. The van der Waals surface area contributed by atoms with Crippen molar-refractivity contribution < 1.29 is 9.59 Å². The van der Waals surface area contributed by atoms with Crippen LogP contribution >= 0.6 is 11.6 Å². The molecule has 30 heavy (non-hydrogen) atoms. The van der Waals surface area contributed by atoms with Crippen LogP contribution in [0.25, 0.3) is 5.69 Å². The van der Waals surface area contributed by atoms with Gasteiger partial charge in [-0.05, 0) is 58.9 Å². The Labute approximate surface area is 180 Å². The van der Waals surface area contributed by atoms with E-state index in [9.17, 15) is 9.59 Å².